The van der Waals surface area contributed by atoms with Crippen molar-refractivity contribution >= 4 is 40.8 Å². The lowest BCUT2D eigenvalue weighted by Crippen LogP contribution is -2.50. The van der Waals surface area contributed by atoms with Crippen molar-refractivity contribution in [2.75, 3.05) is 17.3 Å². The summed E-state index contributed by atoms with van der Waals surface area (Å²) in [5.41, 5.74) is -0.214. The van der Waals surface area contributed by atoms with Gasteiger partial charge in [-0.15, -0.1) is 0 Å². The zero-order chi connectivity index (χ0) is 22.7. The molecule has 0 bridgehead atoms. The van der Waals surface area contributed by atoms with Crippen molar-refractivity contribution in [3.8, 4) is 5.75 Å². The van der Waals surface area contributed by atoms with Crippen LogP contribution >= 0.6 is 11.6 Å². The van der Waals surface area contributed by atoms with Gasteiger partial charge in [0.2, 0.25) is 0 Å². The van der Waals surface area contributed by atoms with Crippen molar-refractivity contribution in [3.63, 3.8) is 0 Å². The van der Waals surface area contributed by atoms with Gasteiger partial charge in [-0.2, -0.15) is 0 Å². The predicted molar refractivity (Wildman–Crippen MR) is 115 cm³/mol. The van der Waals surface area contributed by atoms with E-state index in [4.69, 9.17) is 16.3 Å². The van der Waals surface area contributed by atoms with E-state index in [9.17, 15) is 14.0 Å². The first kappa shape index (κ1) is 21.4. The summed E-state index contributed by atoms with van der Waals surface area (Å²) in [4.78, 5) is 37.8. The molecule has 2 amide bonds. The molecule has 2 aromatic heterocycles. The average Bonchev–Trinajstić information content (AvgIpc) is 3.55. The fraction of sp³-hybridized carbons (Fsp3) is 0.190. The minimum atomic E-state index is -1.18. The smallest absolute Gasteiger partial charge is 0.407 e. The Labute approximate surface area is 187 Å². The molecule has 3 aromatic rings. The third-order valence-electron chi connectivity index (χ3n) is 4.85. The van der Waals surface area contributed by atoms with Crippen molar-refractivity contribution in [2.45, 2.75) is 18.4 Å². The summed E-state index contributed by atoms with van der Waals surface area (Å²) in [6.45, 7) is 0. The van der Waals surface area contributed by atoms with Crippen LogP contribution in [-0.2, 0) is 4.79 Å². The van der Waals surface area contributed by atoms with Crippen molar-refractivity contribution in [3.05, 3.63) is 66.1 Å². The number of nitrogens with one attached hydrogen (secondary N) is 2. The second-order valence-corrected chi connectivity index (χ2v) is 7.58. The monoisotopic (exact) mass is 456 g/mol. The molecule has 1 aliphatic carbocycles. The van der Waals surface area contributed by atoms with Crippen LogP contribution < -0.4 is 20.3 Å². The maximum absolute atomic E-state index is 14.8. The molecule has 0 aliphatic heterocycles. The zero-order valence-corrected chi connectivity index (χ0v) is 17.6. The first-order chi connectivity index (χ1) is 15.4. The molecule has 164 valence electrons. The van der Waals surface area contributed by atoms with Crippen LogP contribution in [0.25, 0.3) is 0 Å². The maximum Gasteiger partial charge on any atom is 0.413 e. The molecule has 2 N–H and O–H groups in total. The quantitative estimate of drug-likeness (QED) is 0.582. The molecule has 32 heavy (non-hydrogen) atoms. The van der Waals surface area contributed by atoms with Crippen molar-refractivity contribution in [2.24, 2.45) is 0 Å². The van der Waals surface area contributed by atoms with Crippen LogP contribution in [0.5, 0.6) is 5.75 Å². The average molecular weight is 457 g/mol. The number of carbonyl (C=O) groups is 2. The number of benzene rings is 1. The van der Waals surface area contributed by atoms with Gasteiger partial charge in [0.15, 0.2) is 17.4 Å². The molecule has 0 spiro atoms. The van der Waals surface area contributed by atoms with E-state index in [1.165, 1.54) is 38.0 Å². The molecule has 0 unspecified atom stereocenters. The van der Waals surface area contributed by atoms with Gasteiger partial charge in [0.1, 0.15) is 11.9 Å². The van der Waals surface area contributed by atoms with Gasteiger partial charge in [0, 0.05) is 13.1 Å². The second kappa shape index (κ2) is 8.75. The van der Waals surface area contributed by atoms with Gasteiger partial charge in [-0.05, 0) is 25.0 Å². The third kappa shape index (κ3) is 4.59. The van der Waals surface area contributed by atoms with Crippen molar-refractivity contribution in [1.29, 1.82) is 0 Å². The zero-order valence-electron chi connectivity index (χ0n) is 16.9. The molecule has 2 heterocycles. The van der Waals surface area contributed by atoms with E-state index in [1.807, 2.05) is 0 Å². The van der Waals surface area contributed by atoms with E-state index in [1.54, 1.807) is 24.3 Å². The lowest BCUT2D eigenvalue weighted by molar-refractivity contribution is -0.121. The normalized spacial score (nSPS) is 13.7. The fourth-order valence-corrected chi connectivity index (χ4v) is 3.25. The van der Waals surface area contributed by atoms with E-state index in [-0.39, 0.29) is 11.6 Å². The van der Waals surface area contributed by atoms with Gasteiger partial charge in [-0.3, -0.25) is 9.69 Å². The van der Waals surface area contributed by atoms with E-state index < -0.39 is 23.4 Å². The highest BCUT2D eigenvalue weighted by Gasteiger charge is 2.53. The third-order valence-corrected chi connectivity index (χ3v) is 5.17. The Morgan fingerprint density at radius 2 is 1.91 bits per heavy atom. The predicted octanol–water partition coefficient (Wildman–Crippen LogP) is 3.69. The topological polar surface area (TPSA) is 109 Å². The number of aromatic nitrogens is 3. The number of ether oxygens (including phenoxy) is 1. The summed E-state index contributed by atoms with van der Waals surface area (Å²) in [6.07, 6.45) is 5.28. The van der Waals surface area contributed by atoms with Crippen LogP contribution in [0.15, 0.2) is 55.2 Å². The molecule has 1 fully saturated rings. The Kier molecular flexibility index (Phi) is 5.87. The van der Waals surface area contributed by atoms with E-state index in [0.717, 1.165) is 4.90 Å². The summed E-state index contributed by atoms with van der Waals surface area (Å²) in [5.74, 6) is -1.25. The van der Waals surface area contributed by atoms with Crippen LogP contribution in [0.2, 0.25) is 5.02 Å². The molecule has 1 saturated carbocycles. The minimum Gasteiger partial charge on any atom is -0.407 e. The molecule has 4 rings (SSSR count). The number of hydrogen-bond donors (Lipinski definition) is 2. The molecule has 1 aliphatic rings. The highest BCUT2D eigenvalue weighted by atomic mass is 35.5. The number of anilines is 3. The highest BCUT2D eigenvalue weighted by molar-refractivity contribution is 6.33. The Morgan fingerprint density at radius 3 is 2.56 bits per heavy atom. The Balaban J connectivity index is 1.44. The Hall–Kier alpha value is -3.79. The highest BCUT2D eigenvalue weighted by Crippen LogP contribution is 2.38. The number of halogens is 2. The minimum absolute atomic E-state index is 0.135. The first-order valence-corrected chi connectivity index (χ1v) is 9.96. The van der Waals surface area contributed by atoms with E-state index in [2.05, 4.69) is 25.6 Å². The largest absolute Gasteiger partial charge is 0.413 e. The van der Waals surface area contributed by atoms with E-state index in [0.29, 0.717) is 29.2 Å². The van der Waals surface area contributed by atoms with Gasteiger partial charge < -0.3 is 15.4 Å². The lowest BCUT2D eigenvalue weighted by Gasteiger charge is -2.24. The Bertz CT molecular complexity index is 1160. The summed E-state index contributed by atoms with van der Waals surface area (Å²) >= 11 is 6.11. The number of pyridine rings is 1. The van der Waals surface area contributed by atoms with Crippen LogP contribution in [0.4, 0.5) is 26.4 Å². The number of carbonyl (C=O) groups excluding carboxylic acids is 2. The number of rotatable bonds is 6. The Morgan fingerprint density at radius 1 is 1.19 bits per heavy atom. The molecule has 0 atom stereocenters. The van der Waals surface area contributed by atoms with Crippen LogP contribution in [0, 0.1) is 5.82 Å². The van der Waals surface area contributed by atoms with Gasteiger partial charge in [-0.1, -0.05) is 23.7 Å². The van der Waals surface area contributed by atoms with Gasteiger partial charge in [-0.25, -0.2) is 24.1 Å². The van der Waals surface area contributed by atoms with Crippen LogP contribution in [0.3, 0.4) is 0 Å². The summed E-state index contributed by atoms with van der Waals surface area (Å²) in [7, 11) is 1.40. The van der Waals surface area contributed by atoms with Gasteiger partial charge in [0.05, 0.1) is 35.0 Å². The maximum atomic E-state index is 14.8. The number of nitrogens with zero attached hydrogens (tertiary/aromatic N) is 4. The molecule has 1 aromatic carbocycles. The molecular weight excluding hydrogens is 439 g/mol. The summed E-state index contributed by atoms with van der Waals surface area (Å²) < 4.78 is 19.8. The number of hydrogen-bond acceptors (Lipinski definition) is 7. The van der Waals surface area contributed by atoms with Gasteiger partial charge >= 0.3 is 6.09 Å². The fourth-order valence-electron chi connectivity index (χ4n) is 3.06. The molecule has 11 heteroatoms. The molecule has 0 saturated heterocycles. The second-order valence-electron chi connectivity index (χ2n) is 7.17. The number of para-hydroxylation sites is 1. The van der Waals surface area contributed by atoms with Gasteiger partial charge in [0.25, 0.3) is 5.91 Å². The first-order valence-electron chi connectivity index (χ1n) is 9.58. The standard InChI is InChI=1S/C21H18ClFN6O3/c1-29(18-16(23)8-13(9-26-18)27-17-5-3-2-4-15(17)22)19(30)21(6-7-21)28-20(31)32-14-10-24-12-25-11-14/h2-5,8-12,27H,6-7H2,1H3,(H,28,31). The molecule has 9 nitrogen and oxygen atoms in total. The number of likely N-dealkylation sites (N-methyl/N-ethyl adjacent to an activating group) is 1. The molecular formula is C21H18ClFN6O3. The summed E-state index contributed by atoms with van der Waals surface area (Å²) in [5, 5.41) is 6.00. The molecule has 0 radical (unpaired) electrons. The van der Waals surface area contributed by atoms with Crippen LogP contribution in [0.1, 0.15) is 12.8 Å². The van der Waals surface area contributed by atoms with Crippen molar-refractivity contribution < 1.29 is 18.7 Å². The summed E-state index contributed by atoms with van der Waals surface area (Å²) in [6, 6.07) is 8.23. The number of amides is 2. The van der Waals surface area contributed by atoms with E-state index >= 15 is 0 Å². The SMILES string of the molecule is CN(C(=O)C1(NC(=O)Oc2cncnc2)CC1)c1ncc(Nc2ccccc2Cl)cc1F. The van der Waals surface area contributed by atoms with Crippen molar-refractivity contribution in [1.82, 2.24) is 20.3 Å². The van der Waals surface area contributed by atoms with Crippen LogP contribution in [-0.4, -0.2) is 39.5 Å². The lowest BCUT2D eigenvalue weighted by atomic mass is 10.2.